The molecule has 3 rings (SSSR count). The van der Waals surface area contributed by atoms with E-state index in [9.17, 15) is 5.11 Å². The first-order chi connectivity index (χ1) is 9.00. The summed E-state index contributed by atoms with van der Waals surface area (Å²) in [5.41, 5.74) is 3.78. The van der Waals surface area contributed by atoms with Gasteiger partial charge in [-0.25, -0.2) is 4.98 Å². The molecule has 19 heavy (non-hydrogen) atoms. The Morgan fingerprint density at radius 2 is 2.11 bits per heavy atom. The van der Waals surface area contributed by atoms with Crippen molar-refractivity contribution >= 4 is 0 Å². The van der Waals surface area contributed by atoms with Gasteiger partial charge in [-0.3, -0.25) is 0 Å². The summed E-state index contributed by atoms with van der Waals surface area (Å²) < 4.78 is 2.14. The SMILES string of the molecule is CC(O)c1cncn1[C@H]1c2ccccc2CC1(C)C. The molecule has 1 heterocycles. The van der Waals surface area contributed by atoms with Crippen LogP contribution in [0.2, 0.25) is 0 Å². The Labute approximate surface area is 113 Å². The summed E-state index contributed by atoms with van der Waals surface area (Å²) in [4.78, 5) is 4.23. The zero-order valence-corrected chi connectivity index (χ0v) is 11.7. The van der Waals surface area contributed by atoms with Gasteiger partial charge >= 0.3 is 0 Å². The van der Waals surface area contributed by atoms with Gasteiger partial charge < -0.3 is 9.67 Å². The minimum absolute atomic E-state index is 0.133. The van der Waals surface area contributed by atoms with Crippen LogP contribution in [0.25, 0.3) is 0 Å². The average Bonchev–Trinajstić information content (AvgIpc) is 2.88. The number of aromatic nitrogens is 2. The molecule has 2 aromatic rings. The van der Waals surface area contributed by atoms with E-state index in [0.717, 1.165) is 12.1 Å². The third kappa shape index (κ3) is 1.89. The van der Waals surface area contributed by atoms with E-state index in [2.05, 4.69) is 47.7 Å². The molecule has 0 radical (unpaired) electrons. The lowest BCUT2D eigenvalue weighted by Gasteiger charge is -2.30. The zero-order chi connectivity index (χ0) is 13.6. The van der Waals surface area contributed by atoms with Gasteiger partial charge in [0.1, 0.15) is 0 Å². The Bertz CT molecular complexity index is 598. The fraction of sp³-hybridized carbons (Fsp3) is 0.438. The van der Waals surface area contributed by atoms with Crippen molar-refractivity contribution in [3.8, 4) is 0 Å². The molecule has 1 unspecified atom stereocenters. The quantitative estimate of drug-likeness (QED) is 0.896. The van der Waals surface area contributed by atoms with E-state index >= 15 is 0 Å². The highest BCUT2D eigenvalue weighted by Crippen LogP contribution is 2.48. The molecule has 0 aliphatic heterocycles. The van der Waals surface area contributed by atoms with Gasteiger partial charge in [0.2, 0.25) is 0 Å². The Hall–Kier alpha value is -1.61. The summed E-state index contributed by atoms with van der Waals surface area (Å²) in [6.07, 6.45) is 4.18. The summed E-state index contributed by atoms with van der Waals surface area (Å²) >= 11 is 0. The maximum atomic E-state index is 9.91. The van der Waals surface area contributed by atoms with Crippen LogP contribution in [0.5, 0.6) is 0 Å². The van der Waals surface area contributed by atoms with Crippen molar-refractivity contribution in [2.45, 2.75) is 39.3 Å². The van der Waals surface area contributed by atoms with E-state index in [1.807, 2.05) is 6.33 Å². The summed E-state index contributed by atoms with van der Waals surface area (Å²) in [5, 5.41) is 9.91. The maximum absolute atomic E-state index is 9.91. The lowest BCUT2D eigenvalue weighted by molar-refractivity contribution is 0.178. The molecule has 3 heteroatoms. The minimum Gasteiger partial charge on any atom is -0.387 e. The normalized spacial score (nSPS) is 22.2. The molecule has 3 nitrogen and oxygen atoms in total. The van der Waals surface area contributed by atoms with E-state index in [1.165, 1.54) is 11.1 Å². The van der Waals surface area contributed by atoms with Crippen molar-refractivity contribution in [3.63, 3.8) is 0 Å². The second-order valence-electron chi connectivity index (χ2n) is 6.17. The van der Waals surface area contributed by atoms with Gasteiger partial charge in [0.15, 0.2) is 0 Å². The molecule has 1 aromatic heterocycles. The molecule has 0 saturated heterocycles. The predicted molar refractivity (Wildman–Crippen MR) is 74.9 cm³/mol. The third-order valence-corrected chi connectivity index (χ3v) is 4.14. The molecule has 1 aromatic carbocycles. The lowest BCUT2D eigenvalue weighted by atomic mass is 9.85. The molecule has 0 spiro atoms. The third-order valence-electron chi connectivity index (χ3n) is 4.14. The monoisotopic (exact) mass is 256 g/mol. The Kier molecular flexibility index (Phi) is 2.75. The largest absolute Gasteiger partial charge is 0.387 e. The van der Waals surface area contributed by atoms with Crippen LogP contribution in [0.3, 0.4) is 0 Å². The molecule has 0 fully saturated rings. The van der Waals surface area contributed by atoms with Crippen LogP contribution in [-0.2, 0) is 6.42 Å². The molecule has 1 N–H and O–H groups in total. The second kappa shape index (κ2) is 4.20. The van der Waals surface area contributed by atoms with Gasteiger partial charge in [-0.1, -0.05) is 38.1 Å². The van der Waals surface area contributed by atoms with Crippen molar-refractivity contribution in [2.75, 3.05) is 0 Å². The van der Waals surface area contributed by atoms with Gasteiger partial charge in [-0.15, -0.1) is 0 Å². The molecule has 100 valence electrons. The fourth-order valence-electron chi connectivity index (χ4n) is 3.35. The molecule has 0 bridgehead atoms. The molecule has 1 aliphatic rings. The number of nitrogens with zero attached hydrogens (tertiary/aromatic N) is 2. The van der Waals surface area contributed by atoms with Crippen molar-refractivity contribution in [2.24, 2.45) is 5.41 Å². The first-order valence-corrected chi connectivity index (χ1v) is 6.78. The van der Waals surface area contributed by atoms with Crippen LogP contribution in [-0.4, -0.2) is 14.7 Å². The van der Waals surface area contributed by atoms with E-state index in [4.69, 9.17) is 0 Å². The van der Waals surface area contributed by atoms with Crippen LogP contribution in [0.4, 0.5) is 0 Å². The van der Waals surface area contributed by atoms with Crippen LogP contribution in [0.1, 0.15) is 49.7 Å². The Balaban J connectivity index is 2.15. The molecule has 1 aliphatic carbocycles. The van der Waals surface area contributed by atoms with E-state index < -0.39 is 6.10 Å². The van der Waals surface area contributed by atoms with Crippen LogP contribution in [0.15, 0.2) is 36.8 Å². The second-order valence-corrected chi connectivity index (χ2v) is 6.17. The number of rotatable bonds is 2. The highest BCUT2D eigenvalue weighted by molar-refractivity contribution is 5.38. The number of fused-ring (bicyclic) bond motifs is 1. The number of hydrogen-bond donors (Lipinski definition) is 1. The maximum Gasteiger partial charge on any atom is 0.0954 e. The number of aliphatic hydroxyl groups excluding tert-OH is 1. The van der Waals surface area contributed by atoms with E-state index in [1.54, 1.807) is 13.1 Å². The van der Waals surface area contributed by atoms with Crippen molar-refractivity contribution in [3.05, 3.63) is 53.6 Å². The van der Waals surface area contributed by atoms with Crippen molar-refractivity contribution < 1.29 is 5.11 Å². The first-order valence-electron chi connectivity index (χ1n) is 6.78. The molecular formula is C16H20N2O. The van der Waals surface area contributed by atoms with Gasteiger partial charge in [0.25, 0.3) is 0 Å². The van der Waals surface area contributed by atoms with Crippen LogP contribution >= 0.6 is 0 Å². The molecule has 2 atom stereocenters. The van der Waals surface area contributed by atoms with Gasteiger partial charge in [0.05, 0.1) is 30.4 Å². The first kappa shape index (κ1) is 12.4. The average molecular weight is 256 g/mol. The molecular weight excluding hydrogens is 236 g/mol. The summed E-state index contributed by atoms with van der Waals surface area (Å²) in [5.74, 6) is 0. The highest BCUT2D eigenvalue weighted by atomic mass is 16.3. The summed E-state index contributed by atoms with van der Waals surface area (Å²) in [6.45, 7) is 6.36. The van der Waals surface area contributed by atoms with Crippen LogP contribution in [0, 0.1) is 5.41 Å². The smallest absolute Gasteiger partial charge is 0.0954 e. The van der Waals surface area contributed by atoms with Gasteiger partial charge in [0, 0.05) is 0 Å². The lowest BCUT2D eigenvalue weighted by Crippen LogP contribution is -2.25. The van der Waals surface area contributed by atoms with Gasteiger partial charge in [-0.05, 0) is 29.9 Å². The van der Waals surface area contributed by atoms with Gasteiger partial charge in [-0.2, -0.15) is 0 Å². The van der Waals surface area contributed by atoms with E-state index in [0.29, 0.717) is 0 Å². The number of hydrogen-bond acceptors (Lipinski definition) is 2. The predicted octanol–water partition coefficient (Wildman–Crippen LogP) is 3.11. The van der Waals surface area contributed by atoms with Crippen LogP contribution < -0.4 is 0 Å². The standard InChI is InChI=1S/C16H20N2O/c1-11(19)14-9-17-10-18(14)15-13-7-5-4-6-12(13)8-16(15,2)3/h4-7,9-11,15,19H,8H2,1-3H3/t11?,15-/m0/s1. The fourth-order valence-corrected chi connectivity index (χ4v) is 3.35. The Morgan fingerprint density at radius 3 is 2.84 bits per heavy atom. The molecule has 0 amide bonds. The van der Waals surface area contributed by atoms with Crippen molar-refractivity contribution in [1.82, 2.24) is 9.55 Å². The highest BCUT2D eigenvalue weighted by Gasteiger charge is 2.40. The number of benzene rings is 1. The number of aliphatic hydroxyl groups is 1. The molecule has 0 saturated carbocycles. The summed E-state index contributed by atoms with van der Waals surface area (Å²) in [6, 6.07) is 8.83. The number of imidazole rings is 1. The zero-order valence-electron chi connectivity index (χ0n) is 11.7. The topological polar surface area (TPSA) is 38.1 Å². The summed E-state index contributed by atoms with van der Waals surface area (Å²) in [7, 11) is 0. The Morgan fingerprint density at radius 1 is 1.37 bits per heavy atom. The van der Waals surface area contributed by atoms with Crippen molar-refractivity contribution in [1.29, 1.82) is 0 Å². The van der Waals surface area contributed by atoms with E-state index in [-0.39, 0.29) is 11.5 Å². The minimum atomic E-state index is -0.494.